The predicted octanol–water partition coefficient (Wildman–Crippen LogP) is 8.07. The minimum Gasteiger partial charge on any atom is -0.157 e. The van der Waals surface area contributed by atoms with Crippen molar-refractivity contribution in [2.45, 2.75) is 51.6 Å². The number of allylic oxidation sites excluding steroid dienone is 2. The van der Waals surface area contributed by atoms with Crippen molar-refractivity contribution in [3.8, 4) is 0 Å². The summed E-state index contributed by atoms with van der Waals surface area (Å²) < 4.78 is 0. The van der Waals surface area contributed by atoms with Crippen LogP contribution in [0.25, 0.3) is 10.5 Å². The lowest BCUT2D eigenvalue weighted by Crippen LogP contribution is -2.00. The Morgan fingerprint density at radius 3 is 2.08 bits per heavy atom. The predicted molar refractivity (Wildman–Crippen MR) is 117 cm³/mol. The van der Waals surface area contributed by atoms with Crippen molar-refractivity contribution in [2.24, 2.45) is 0 Å². The van der Waals surface area contributed by atoms with Crippen LogP contribution in [0.15, 0.2) is 46.5 Å². The van der Waals surface area contributed by atoms with E-state index in [1.165, 1.54) is 53.1 Å². The first kappa shape index (κ1) is 18.2. The van der Waals surface area contributed by atoms with Crippen LogP contribution >= 0.6 is 32.6 Å². The lowest BCUT2D eigenvalue weighted by molar-refractivity contribution is 0.850. The van der Waals surface area contributed by atoms with Gasteiger partial charge in [0.05, 0.1) is 7.50 Å². The quantitative estimate of drug-likeness (QED) is 0.400. The second kappa shape index (κ2) is 9.23. The summed E-state index contributed by atoms with van der Waals surface area (Å²) in [6.07, 6.45) is 7.91. The minimum atomic E-state index is -0.349. The van der Waals surface area contributed by atoms with Crippen LogP contribution < -0.4 is 0 Å². The van der Waals surface area contributed by atoms with Gasteiger partial charge in [0.2, 0.25) is 0 Å². The number of rotatable bonds is 8. The van der Waals surface area contributed by atoms with Gasteiger partial charge in [0.25, 0.3) is 0 Å². The summed E-state index contributed by atoms with van der Waals surface area (Å²) in [4.78, 5) is 4.60. The van der Waals surface area contributed by atoms with Crippen molar-refractivity contribution in [1.82, 2.24) is 0 Å². The maximum absolute atomic E-state index is 2.57. The maximum atomic E-state index is 2.57. The van der Waals surface area contributed by atoms with Crippen LogP contribution in [0.2, 0.25) is 12.1 Å². The average Bonchev–Trinajstić information content (AvgIpc) is 3.33. The molecule has 3 heterocycles. The van der Waals surface area contributed by atoms with Gasteiger partial charge in [0.15, 0.2) is 0 Å². The van der Waals surface area contributed by atoms with Gasteiger partial charge in [0, 0.05) is 20.2 Å². The zero-order chi connectivity index (χ0) is 16.8. The standard InChI is InChI=1S/C20H26S3Si/c1-3-5-15-24(16-6-4-2)23-14-11-17(18-9-7-12-21-18)20(23)19-10-8-13-22-19/h7-14H,3-6,15-16H2,1-2H3. The van der Waals surface area contributed by atoms with E-state index < -0.39 is 0 Å². The van der Waals surface area contributed by atoms with Crippen molar-refractivity contribution in [3.05, 3.63) is 56.3 Å². The highest BCUT2D eigenvalue weighted by atomic mass is 32.3. The summed E-state index contributed by atoms with van der Waals surface area (Å²) in [5.41, 5.74) is 1.51. The van der Waals surface area contributed by atoms with Gasteiger partial charge in [-0.25, -0.2) is 0 Å². The molecule has 0 radical (unpaired) electrons. The molecule has 1 unspecified atom stereocenters. The molecule has 0 N–H and O–H groups in total. The van der Waals surface area contributed by atoms with E-state index in [9.17, 15) is 0 Å². The molecule has 1 aliphatic rings. The molecule has 0 saturated carbocycles. The molecule has 0 aromatic carbocycles. The second-order valence-electron chi connectivity index (χ2n) is 6.08. The highest BCUT2D eigenvalue weighted by Crippen LogP contribution is 2.50. The van der Waals surface area contributed by atoms with E-state index in [-0.39, 0.29) is 7.50 Å². The summed E-state index contributed by atoms with van der Waals surface area (Å²) >= 11 is 3.80. The summed E-state index contributed by atoms with van der Waals surface area (Å²) in [6.45, 7) is 4.67. The van der Waals surface area contributed by atoms with E-state index in [2.05, 4.69) is 60.4 Å². The van der Waals surface area contributed by atoms with Crippen LogP contribution in [0, 0.1) is 0 Å². The number of hydrogen-bond donors (Lipinski definition) is 0. The Kier molecular flexibility index (Phi) is 7.02. The molecule has 2 aromatic rings. The van der Waals surface area contributed by atoms with Crippen LogP contribution in [-0.2, 0) is 0 Å². The Balaban J connectivity index is 2.08. The highest BCUT2D eigenvalue weighted by Gasteiger charge is 2.21. The number of thiophene rings is 2. The molecule has 0 amide bonds. The SMILES string of the molecule is CCCC[Si](CCCC)=S1C=CC(c2cccs2)=C1c1cccs1. The minimum absolute atomic E-state index is 0.349. The molecule has 4 heteroatoms. The van der Waals surface area contributed by atoms with Gasteiger partial charge >= 0.3 is 0 Å². The van der Waals surface area contributed by atoms with Gasteiger partial charge in [0.1, 0.15) is 0 Å². The monoisotopic (exact) mass is 390 g/mol. The normalized spacial score (nSPS) is 17.0. The summed E-state index contributed by atoms with van der Waals surface area (Å²) in [5, 5.41) is 7.02. The lowest BCUT2D eigenvalue weighted by Gasteiger charge is -2.14. The zero-order valence-corrected chi connectivity index (χ0v) is 18.0. The fourth-order valence-electron chi connectivity index (χ4n) is 3.01. The summed E-state index contributed by atoms with van der Waals surface area (Å²) in [6, 6.07) is 12.0. The van der Waals surface area contributed by atoms with E-state index in [0.29, 0.717) is 9.89 Å². The average molecular weight is 391 g/mol. The maximum Gasteiger partial charge on any atom is 0.0536 e. The Labute approximate surface area is 158 Å². The second-order valence-corrected chi connectivity index (χ2v) is 14.5. The largest absolute Gasteiger partial charge is 0.157 e. The fourth-order valence-corrected chi connectivity index (χ4v) is 13.4. The third-order valence-corrected chi connectivity index (χ3v) is 14.1. The molecule has 0 fully saturated rings. The van der Waals surface area contributed by atoms with E-state index in [0.717, 1.165) is 0 Å². The molecule has 24 heavy (non-hydrogen) atoms. The Morgan fingerprint density at radius 1 is 0.917 bits per heavy atom. The topological polar surface area (TPSA) is 0 Å². The first-order valence-electron chi connectivity index (χ1n) is 8.93. The highest BCUT2D eigenvalue weighted by molar-refractivity contribution is 8.31. The van der Waals surface area contributed by atoms with Crippen LogP contribution in [0.1, 0.15) is 49.3 Å². The molecule has 128 valence electrons. The molecule has 0 aliphatic carbocycles. The van der Waals surface area contributed by atoms with E-state index in [1.54, 1.807) is 4.91 Å². The third kappa shape index (κ3) is 4.16. The third-order valence-electron chi connectivity index (χ3n) is 4.30. The van der Waals surface area contributed by atoms with Crippen molar-refractivity contribution in [1.29, 1.82) is 0 Å². The van der Waals surface area contributed by atoms with Crippen molar-refractivity contribution in [2.75, 3.05) is 0 Å². The van der Waals surface area contributed by atoms with Crippen molar-refractivity contribution < 1.29 is 0 Å². The smallest absolute Gasteiger partial charge is 0.0536 e. The van der Waals surface area contributed by atoms with Gasteiger partial charge in [-0.3, -0.25) is 0 Å². The molecule has 3 rings (SSSR count). The summed E-state index contributed by atoms with van der Waals surface area (Å²) in [5.74, 6) is 0. The molecule has 0 saturated heterocycles. The number of hydrogen-bond acceptors (Lipinski definition) is 2. The van der Waals surface area contributed by atoms with Gasteiger partial charge in [-0.1, -0.05) is 51.7 Å². The first-order valence-corrected chi connectivity index (χ1v) is 14.6. The molecule has 2 aromatic heterocycles. The van der Waals surface area contributed by atoms with Crippen LogP contribution in [0.4, 0.5) is 0 Å². The van der Waals surface area contributed by atoms with Gasteiger partial charge in [-0.05, 0) is 46.5 Å². The molecular weight excluding hydrogens is 365 g/mol. The van der Waals surface area contributed by atoms with Crippen molar-refractivity contribution >= 4 is 50.5 Å². The van der Waals surface area contributed by atoms with Gasteiger partial charge in [-0.2, -0.15) is 9.89 Å². The molecule has 0 spiro atoms. The Morgan fingerprint density at radius 2 is 1.54 bits per heavy atom. The first-order chi connectivity index (χ1) is 11.8. The van der Waals surface area contributed by atoms with Crippen LogP contribution in [0.5, 0.6) is 0 Å². The Hall–Kier alpha value is -0.553. The van der Waals surface area contributed by atoms with Gasteiger partial charge < -0.3 is 0 Å². The zero-order valence-electron chi connectivity index (χ0n) is 14.6. The van der Waals surface area contributed by atoms with E-state index >= 15 is 0 Å². The van der Waals surface area contributed by atoms with E-state index in [1.807, 2.05) is 22.7 Å². The van der Waals surface area contributed by atoms with Crippen LogP contribution in [0.3, 0.4) is 0 Å². The van der Waals surface area contributed by atoms with E-state index in [4.69, 9.17) is 0 Å². The molecule has 0 nitrogen and oxygen atoms in total. The molecule has 0 bridgehead atoms. The van der Waals surface area contributed by atoms with Crippen molar-refractivity contribution in [3.63, 3.8) is 0 Å². The molecule has 1 atom stereocenters. The Bertz CT molecular complexity index is 724. The molecule has 1 aliphatic heterocycles. The lowest BCUT2D eigenvalue weighted by atomic mass is 10.2. The number of unbranched alkanes of at least 4 members (excludes halogenated alkanes) is 2. The van der Waals surface area contributed by atoms with Gasteiger partial charge in [-0.15, -0.1) is 22.7 Å². The molecular formula is C20H26S3Si. The fraction of sp³-hybridized carbons (Fsp3) is 0.400. The summed E-state index contributed by atoms with van der Waals surface area (Å²) in [7, 11) is 0.0189. The van der Waals surface area contributed by atoms with Crippen LogP contribution in [-0.4, -0.2) is 7.50 Å².